The molecule has 0 bridgehead atoms. The van der Waals surface area contributed by atoms with Gasteiger partial charge in [0.05, 0.1) is 12.9 Å². The zero-order valence-corrected chi connectivity index (χ0v) is 21.6. The zero-order valence-electron chi connectivity index (χ0n) is 20.8. The lowest BCUT2D eigenvalue weighted by atomic mass is 10.1. The number of anilines is 1. The second-order valence-corrected chi connectivity index (χ2v) is 9.52. The molecule has 0 amide bonds. The van der Waals surface area contributed by atoms with E-state index >= 15 is 0 Å². The summed E-state index contributed by atoms with van der Waals surface area (Å²) in [5.74, 6) is 0.901. The summed E-state index contributed by atoms with van der Waals surface area (Å²) in [5.41, 5.74) is -0.869. The average molecular weight is 560 g/mol. The van der Waals surface area contributed by atoms with Crippen molar-refractivity contribution < 1.29 is 17.7 Å². The molecule has 0 aliphatic heterocycles. The van der Waals surface area contributed by atoms with Crippen molar-refractivity contribution in [3.63, 3.8) is 0 Å². The fourth-order valence-corrected chi connectivity index (χ4v) is 4.73. The molecule has 0 saturated heterocycles. The maximum absolute atomic E-state index is 13.3. The Bertz CT molecular complexity index is 1850. The predicted molar refractivity (Wildman–Crippen MR) is 135 cm³/mol. The number of aryl methyl sites for hydroxylation is 3. The molecule has 0 fully saturated rings. The number of aromatic nitrogens is 8. The Hall–Kier alpha value is -4.60. The number of pyridine rings is 1. The van der Waals surface area contributed by atoms with Crippen LogP contribution in [0.25, 0.3) is 21.7 Å². The van der Waals surface area contributed by atoms with Crippen LogP contribution in [0.2, 0.25) is 0 Å². The Morgan fingerprint density at radius 1 is 1.21 bits per heavy atom. The van der Waals surface area contributed by atoms with Crippen LogP contribution in [-0.2, 0) is 26.3 Å². The molecule has 5 aromatic heterocycles. The van der Waals surface area contributed by atoms with Gasteiger partial charge in [0.1, 0.15) is 23.1 Å². The summed E-state index contributed by atoms with van der Waals surface area (Å²) in [5, 5.41) is 8.87. The normalized spacial score (nSPS) is 11.8. The van der Waals surface area contributed by atoms with Crippen LogP contribution in [0.3, 0.4) is 0 Å². The van der Waals surface area contributed by atoms with E-state index < -0.39 is 23.1 Å². The monoisotopic (exact) mass is 559 g/mol. The third kappa shape index (κ3) is 4.97. The van der Waals surface area contributed by atoms with Gasteiger partial charge in [-0.15, -0.1) is 11.3 Å². The lowest BCUT2D eigenvalue weighted by Gasteiger charge is -2.11. The minimum Gasteiger partial charge on any atom is -0.342 e. The lowest BCUT2D eigenvalue weighted by molar-refractivity contribution is -0.141. The van der Waals surface area contributed by atoms with Crippen molar-refractivity contribution in [1.29, 1.82) is 0 Å². The van der Waals surface area contributed by atoms with Gasteiger partial charge < -0.3 is 14.4 Å². The topological polar surface area (TPSA) is 139 Å². The molecule has 5 rings (SSSR count). The third-order valence-corrected chi connectivity index (χ3v) is 6.62. The molecule has 39 heavy (non-hydrogen) atoms. The second kappa shape index (κ2) is 9.61. The van der Waals surface area contributed by atoms with Crippen LogP contribution in [0.15, 0.2) is 50.4 Å². The van der Waals surface area contributed by atoms with Crippen molar-refractivity contribution in [1.82, 2.24) is 38.8 Å². The highest BCUT2D eigenvalue weighted by Crippen LogP contribution is 2.33. The maximum atomic E-state index is 13.3. The number of alkyl halides is 3. The molecule has 0 saturated carbocycles. The number of thiazole rings is 1. The first-order valence-electron chi connectivity index (χ1n) is 11.3. The molecule has 12 nitrogen and oxygen atoms in total. The summed E-state index contributed by atoms with van der Waals surface area (Å²) >= 11 is 1.22. The minimum atomic E-state index is -4.53. The van der Waals surface area contributed by atoms with Crippen LogP contribution < -0.4 is 16.6 Å². The van der Waals surface area contributed by atoms with E-state index in [1.165, 1.54) is 42.3 Å². The van der Waals surface area contributed by atoms with E-state index in [0.29, 0.717) is 27.9 Å². The highest BCUT2D eigenvalue weighted by molar-refractivity contribution is 7.13. The molecule has 202 valence electrons. The van der Waals surface area contributed by atoms with E-state index in [4.69, 9.17) is 4.52 Å². The molecule has 16 heteroatoms. The lowest BCUT2D eigenvalue weighted by Crippen LogP contribution is -2.40. The Labute approximate surface area is 221 Å². The minimum absolute atomic E-state index is 0.00427. The van der Waals surface area contributed by atoms with E-state index in [9.17, 15) is 22.8 Å². The highest BCUT2D eigenvalue weighted by atomic mass is 32.1. The summed E-state index contributed by atoms with van der Waals surface area (Å²) < 4.78 is 47.9. The number of fused-ring (bicyclic) bond motifs is 1. The average Bonchev–Trinajstić information content (AvgIpc) is 3.60. The number of hydrogen-bond donors (Lipinski definition) is 1. The summed E-state index contributed by atoms with van der Waals surface area (Å²) in [7, 11) is 1.50. The van der Waals surface area contributed by atoms with E-state index in [2.05, 4.69) is 37.0 Å². The predicted octanol–water partition coefficient (Wildman–Crippen LogP) is 3.11. The fourth-order valence-electron chi connectivity index (χ4n) is 4.00. The van der Waals surface area contributed by atoms with Crippen LogP contribution in [0, 0.1) is 13.8 Å². The van der Waals surface area contributed by atoms with Gasteiger partial charge >= 0.3 is 11.9 Å². The Balaban J connectivity index is 1.37. The summed E-state index contributed by atoms with van der Waals surface area (Å²) in [6, 6.07) is 1.38. The first-order chi connectivity index (χ1) is 18.4. The number of hydrogen-bond acceptors (Lipinski definition) is 10. The van der Waals surface area contributed by atoms with Crippen molar-refractivity contribution in [2.45, 2.75) is 33.1 Å². The smallest absolute Gasteiger partial charge is 0.342 e. The molecule has 0 aliphatic carbocycles. The fraction of sp³-hybridized carbons (Fsp3) is 0.261. The van der Waals surface area contributed by atoms with E-state index in [1.807, 2.05) is 0 Å². The summed E-state index contributed by atoms with van der Waals surface area (Å²) in [6.07, 6.45) is -1.98. The van der Waals surface area contributed by atoms with Crippen molar-refractivity contribution in [2.75, 3.05) is 5.32 Å². The first-order valence-corrected chi connectivity index (χ1v) is 12.2. The molecule has 0 aliphatic rings. The van der Waals surface area contributed by atoms with Crippen molar-refractivity contribution in [3.05, 3.63) is 80.1 Å². The number of rotatable bonds is 7. The Morgan fingerprint density at radius 2 is 1.97 bits per heavy atom. The van der Waals surface area contributed by atoms with Crippen molar-refractivity contribution in [3.8, 4) is 10.6 Å². The molecule has 0 unspecified atom stereocenters. The van der Waals surface area contributed by atoms with Gasteiger partial charge in [-0.25, -0.2) is 19.3 Å². The van der Waals surface area contributed by atoms with Gasteiger partial charge in [-0.1, -0.05) is 11.7 Å². The number of nitrogens with one attached hydrogen (secondary N) is 1. The molecule has 0 spiro atoms. The van der Waals surface area contributed by atoms with Gasteiger partial charge in [0.25, 0.3) is 5.56 Å². The number of nitrogens with zero attached hydrogens (tertiary/aromatic N) is 8. The van der Waals surface area contributed by atoms with Crippen molar-refractivity contribution >= 4 is 28.3 Å². The molecule has 5 aromatic rings. The maximum Gasteiger partial charge on any atom is 0.433 e. The quantitative estimate of drug-likeness (QED) is 0.319. The van der Waals surface area contributed by atoms with Gasteiger partial charge in [-0.2, -0.15) is 18.2 Å². The summed E-state index contributed by atoms with van der Waals surface area (Å²) in [6.45, 7) is 6.86. The molecular weight excluding hydrogens is 539 g/mol. The van der Waals surface area contributed by atoms with Crippen LogP contribution >= 0.6 is 11.3 Å². The van der Waals surface area contributed by atoms with Gasteiger partial charge in [-0.05, 0) is 25.5 Å². The van der Waals surface area contributed by atoms with Gasteiger partial charge in [0, 0.05) is 29.9 Å². The standard InChI is InChI=1S/C23H20F3N9O3S/c1-11-5-14(6-27-18(11)23(24,25)26)20-31-15(9-39-20)29-12(2)7-34-10-28-19-17(34)21(36)35(22(37)33(19)4)8-16-30-13(3)32-38-16/h5-6,9-10,29H,2,7-8H2,1,3-4H3. The largest absolute Gasteiger partial charge is 0.433 e. The first kappa shape index (κ1) is 26.0. The molecule has 0 radical (unpaired) electrons. The van der Waals surface area contributed by atoms with Gasteiger partial charge in [0.2, 0.25) is 5.89 Å². The van der Waals surface area contributed by atoms with Crippen LogP contribution in [0.1, 0.15) is 23.0 Å². The molecule has 0 atom stereocenters. The highest BCUT2D eigenvalue weighted by Gasteiger charge is 2.34. The second-order valence-electron chi connectivity index (χ2n) is 8.67. The summed E-state index contributed by atoms with van der Waals surface area (Å²) in [4.78, 5) is 42.3. The van der Waals surface area contributed by atoms with E-state index in [0.717, 1.165) is 10.8 Å². The molecule has 1 N–H and O–H groups in total. The Kier molecular flexibility index (Phi) is 6.41. The number of halogens is 3. The van der Waals surface area contributed by atoms with E-state index in [-0.39, 0.29) is 35.7 Å². The molecule has 5 heterocycles. The van der Waals surface area contributed by atoms with Crippen LogP contribution in [-0.4, -0.2) is 38.8 Å². The van der Waals surface area contributed by atoms with Crippen molar-refractivity contribution in [2.24, 2.45) is 7.05 Å². The zero-order chi connectivity index (χ0) is 28.1. The Morgan fingerprint density at radius 3 is 2.64 bits per heavy atom. The van der Waals surface area contributed by atoms with Crippen LogP contribution in [0.5, 0.6) is 0 Å². The van der Waals surface area contributed by atoms with E-state index in [1.54, 1.807) is 16.9 Å². The van der Waals surface area contributed by atoms with Crippen LogP contribution in [0.4, 0.5) is 19.0 Å². The van der Waals surface area contributed by atoms with Gasteiger partial charge in [-0.3, -0.25) is 14.3 Å². The SMILES string of the molecule is C=C(Cn1cnc2c1c(=O)n(Cc1nc(C)no1)c(=O)n2C)Nc1csc(-c2cnc(C(F)(F)F)c(C)c2)n1. The number of imidazole rings is 1. The van der Waals surface area contributed by atoms with Gasteiger partial charge in [0.15, 0.2) is 17.0 Å². The molecular formula is C23H20F3N9O3S. The molecule has 0 aromatic carbocycles. The number of allylic oxidation sites excluding steroid dienone is 1. The third-order valence-electron chi connectivity index (χ3n) is 5.73.